The molecule has 136 valence electrons. The molecule has 25 heavy (non-hydrogen) atoms. The van der Waals surface area contributed by atoms with Gasteiger partial charge in [-0.1, -0.05) is 0 Å². The van der Waals surface area contributed by atoms with Gasteiger partial charge in [0.2, 0.25) is 5.69 Å². The third-order valence-electron chi connectivity index (χ3n) is 3.85. The van der Waals surface area contributed by atoms with Gasteiger partial charge >= 0.3 is 5.97 Å². The highest BCUT2D eigenvalue weighted by molar-refractivity contribution is 7.86. The summed E-state index contributed by atoms with van der Waals surface area (Å²) in [6, 6.07) is 0. The van der Waals surface area contributed by atoms with Gasteiger partial charge in [-0.3, -0.25) is 4.55 Å². The first kappa shape index (κ1) is 18.7. The Morgan fingerprint density at radius 1 is 1.28 bits per heavy atom. The van der Waals surface area contributed by atoms with Crippen LogP contribution in [0.1, 0.15) is 34.1 Å². The third-order valence-corrected chi connectivity index (χ3v) is 4.98. The number of hydrogen-bond acceptors (Lipinski definition) is 7. The van der Waals surface area contributed by atoms with Crippen LogP contribution in [0.3, 0.4) is 0 Å². The maximum absolute atomic E-state index is 11.8. The number of nitrogens with two attached hydrogens (primary N) is 1. The van der Waals surface area contributed by atoms with Crippen LogP contribution in [0, 0.1) is 20.8 Å². The zero-order chi connectivity index (χ0) is 19.1. The van der Waals surface area contributed by atoms with Crippen LogP contribution in [0.5, 0.6) is 5.75 Å². The summed E-state index contributed by atoms with van der Waals surface area (Å²) in [6.07, 6.45) is 1.14. The fourth-order valence-corrected chi connectivity index (χ4v) is 3.74. The molecule has 9 nitrogen and oxygen atoms in total. The molecule has 2 aromatic rings. The second-order valence-corrected chi connectivity index (χ2v) is 6.83. The van der Waals surface area contributed by atoms with E-state index in [1.54, 1.807) is 13.8 Å². The van der Waals surface area contributed by atoms with Crippen LogP contribution < -0.4 is 5.73 Å². The van der Waals surface area contributed by atoms with Crippen LogP contribution in [-0.2, 0) is 14.9 Å². The van der Waals surface area contributed by atoms with Crippen molar-refractivity contribution in [2.24, 2.45) is 0 Å². The predicted molar refractivity (Wildman–Crippen MR) is 89.6 cm³/mol. The van der Waals surface area contributed by atoms with Crippen molar-refractivity contribution in [2.75, 3.05) is 12.3 Å². The van der Waals surface area contributed by atoms with E-state index in [1.165, 1.54) is 13.8 Å². The zero-order valence-corrected chi connectivity index (χ0v) is 15.0. The third kappa shape index (κ3) is 3.17. The highest BCUT2D eigenvalue weighted by atomic mass is 32.2. The van der Waals surface area contributed by atoms with Crippen LogP contribution in [0.15, 0.2) is 11.1 Å². The number of ether oxygens (including phenoxy) is 1. The molecule has 1 aromatic heterocycles. The fraction of sp³-hybridized carbons (Fsp3) is 0.333. The van der Waals surface area contributed by atoms with E-state index in [2.05, 4.69) is 5.10 Å². The van der Waals surface area contributed by atoms with E-state index in [9.17, 15) is 22.9 Å². The summed E-state index contributed by atoms with van der Waals surface area (Å²) >= 11 is 0. The minimum atomic E-state index is -4.54. The van der Waals surface area contributed by atoms with Gasteiger partial charge < -0.3 is 15.6 Å². The van der Waals surface area contributed by atoms with E-state index in [0.29, 0.717) is 5.56 Å². The molecule has 1 heterocycles. The largest absolute Gasteiger partial charge is 0.504 e. The summed E-state index contributed by atoms with van der Waals surface area (Å²) in [7, 11) is -4.54. The normalized spacial score (nSPS) is 11.6. The second-order valence-electron chi connectivity index (χ2n) is 5.47. The Morgan fingerprint density at radius 3 is 2.40 bits per heavy atom. The Morgan fingerprint density at radius 2 is 1.88 bits per heavy atom. The number of nitrogen functional groups attached to an aromatic ring is 1. The van der Waals surface area contributed by atoms with Crippen LogP contribution >= 0.6 is 0 Å². The maximum Gasteiger partial charge on any atom is 0.362 e. The van der Waals surface area contributed by atoms with Crippen molar-refractivity contribution in [1.82, 2.24) is 9.78 Å². The molecule has 0 radical (unpaired) electrons. The minimum Gasteiger partial charge on any atom is -0.504 e. The van der Waals surface area contributed by atoms with Crippen molar-refractivity contribution < 1.29 is 27.6 Å². The lowest BCUT2D eigenvalue weighted by atomic mass is 10.0. The molecule has 1 aromatic carbocycles. The Balaban J connectivity index is 2.79. The van der Waals surface area contributed by atoms with Crippen molar-refractivity contribution in [2.45, 2.75) is 32.6 Å². The van der Waals surface area contributed by atoms with E-state index in [1.807, 2.05) is 0 Å². The molecule has 10 heteroatoms. The molecule has 2 rings (SSSR count). The van der Waals surface area contributed by atoms with Crippen LogP contribution in [0.4, 0.5) is 5.69 Å². The highest BCUT2D eigenvalue weighted by Gasteiger charge is 2.26. The molecule has 0 unspecified atom stereocenters. The summed E-state index contributed by atoms with van der Waals surface area (Å²) in [5, 5.41) is 13.9. The maximum atomic E-state index is 11.8. The number of benzene rings is 1. The average molecular weight is 369 g/mol. The van der Waals surface area contributed by atoms with Gasteiger partial charge in [-0.25, -0.2) is 9.48 Å². The molecular weight excluding hydrogens is 350 g/mol. The molecule has 0 saturated heterocycles. The molecule has 4 N–H and O–H groups in total. The van der Waals surface area contributed by atoms with Crippen molar-refractivity contribution in [3.05, 3.63) is 28.6 Å². The Hall–Kier alpha value is -2.59. The van der Waals surface area contributed by atoms with Gasteiger partial charge in [0, 0.05) is 5.69 Å². The number of carbonyl (C=O) groups excluding carboxylic acids is 1. The number of nitrogens with zero attached hydrogens (tertiary/aromatic N) is 2. The first-order chi connectivity index (χ1) is 11.5. The van der Waals surface area contributed by atoms with Crippen LogP contribution in [-0.4, -0.2) is 40.4 Å². The molecule has 0 saturated carbocycles. The summed E-state index contributed by atoms with van der Waals surface area (Å²) in [5.41, 5.74) is 6.93. The summed E-state index contributed by atoms with van der Waals surface area (Å²) in [5.74, 6) is -1.24. The molecule has 0 atom stereocenters. The number of aromatic hydroxyl groups is 1. The van der Waals surface area contributed by atoms with Crippen molar-refractivity contribution >= 4 is 21.8 Å². The standard InChI is InChI=1S/C15H19N3O6S/c1-5-24-15(20)12-10(19)6-18(17-12)13-7(2)11(16)8(3)14(9(13)4)25(21,22)23/h6,19H,5,16H2,1-4H3,(H,21,22,23). The zero-order valence-electron chi connectivity index (χ0n) is 14.2. The van der Waals surface area contributed by atoms with Gasteiger partial charge in [0.15, 0.2) is 5.75 Å². The highest BCUT2D eigenvalue weighted by Crippen LogP contribution is 2.35. The number of esters is 1. The van der Waals surface area contributed by atoms with E-state index >= 15 is 0 Å². The number of carbonyl (C=O) groups is 1. The summed E-state index contributed by atoms with van der Waals surface area (Å²) < 4.78 is 38.9. The van der Waals surface area contributed by atoms with Gasteiger partial charge in [-0.05, 0) is 44.4 Å². The Kier molecular flexibility index (Phi) is 4.78. The number of aromatic nitrogens is 2. The lowest BCUT2D eigenvalue weighted by Crippen LogP contribution is -2.13. The first-order valence-electron chi connectivity index (χ1n) is 7.33. The van der Waals surface area contributed by atoms with E-state index in [4.69, 9.17) is 10.5 Å². The van der Waals surface area contributed by atoms with E-state index in [-0.39, 0.29) is 39.7 Å². The molecule has 0 aliphatic rings. The van der Waals surface area contributed by atoms with Crippen LogP contribution in [0.25, 0.3) is 5.69 Å². The first-order valence-corrected chi connectivity index (χ1v) is 8.77. The molecule has 0 fully saturated rings. The predicted octanol–water partition coefficient (Wildman–Crippen LogP) is 1.51. The summed E-state index contributed by atoms with van der Waals surface area (Å²) in [4.78, 5) is 11.5. The van der Waals surface area contributed by atoms with E-state index < -0.39 is 21.8 Å². The van der Waals surface area contributed by atoms with Crippen molar-refractivity contribution in [3.8, 4) is 11.4 Å². The fourth-order valence-electron chi connectivity index (χ4n) is 2.76. The quantitative estimate of drug-likeness (QED) is 0.418. The van der Waals surface area contributed by atoms with Crippen molar-refractivity contribution in [3.63, 3.8) is 0 Å². The smallest absolute Gasteiger partial charge is 0.362 e. The topological polar surface area (TPSA) is 145 Å². The SMILES string of the molecule is CCOC(=O)c1nn(-c2c(C)c(N)c(C)c(S(=O)(=O)O)c2C)cc1O. The molecule has 0 bridgehead atoms. The van der Waals surface area contributed by atoms with Gasteiger partial charge in [0.1, 0.15) is 4.90 Å². The molecular formula is C15H19N3O6S. The minimum absolute atomic E-state index is 0.105. The van der Waals surface area contributed by atoms with Gasteiger partial charge in [0.25, 0.3) is 10.1 Å². The monoisotopic (exact) mass is 369 g/mol. The average Bonchev–Trinajstić information content (AvgIpc) is 2.85. The summed E-state index contributed by atoms with van der Waals surface area (Å²) in [6.45, 7) is 6.31. The number of hydrogen-bond donors (Lipinski definition) is 3. The lowest BCUT2D eigenvalue weighted by molar-refractivity contribution is 0.0515. The Bertz CT molecular complexity index is 962. The molecule has 0 aliphatic carbocycles. The van der Waals surface area contributed by atoms with Crippen molar-refractivity contribution in [1.29, 1.82) is 0 Å². The van der Waals surface area contributed by atoms with Gasteiger partial charge in [-0.2, -0.15) is 13.5 Å². The molecule has 0 amide bonds. The lowest BCUT2D eigenvalue weighted by Gasteiger charge is -2.18. The van der Waals surface area contributed by atoms with E-state index in [0.717, 1.165) is 10.9 Å². The second kappa shape index (κ2) is 6.37. The van der Waals surface area contributed by atoms with Gasteiger partial charge in [0.05, 0.1) is 18.5 Å². The van der Waals surface area contributed by atoms with Gasteiger partial charge in [-0.15, -0.1) is 0 Å². The molecule has 0 spiro atoms. The number of rotatable bonds is 4. The number of anilines is 1. The Labute approximate surface area is 144 Å². The van der Waals surface area contributed by atoms with Crippen LogP contribution in [0.2, 0.25) is 0 Å². The molecule has 0 aliphatic heterocycles.